The van der Waals surface area contributed by atoms with E-state index in [0.717, 1.165) is 17.7 Å². The number of rotatable bonds is 1. The lowest BCUT2D eigenvalue weighted by Gasteiger charge is -2.35. The molecule has 0 saturated heterocycles. The van der Waals surface area contributed by atoms with E-state index in [2.05, 4.69) is 11.4 Å². The second kappa shape index (κ2) is 3.99. The van der Waals surface area contributed by atoms with E-state index in [1.165, 1.54) is 5.56 Å². The summed E-state index contributed by atoms with van der Waals surface area (Å²) in [6, 6.07) is 17.9. The van der Waals surface area contributed by atoms with Crippen molar-refractivity contribution in [2.24, 2.45) is 0 Å². The molecule has 0 fully saturated rings. The number of hydrogen-bond donors (Lipinski definition) is 2. The Hall–Kier alpha value is -1.64. The van der Waals surface area contributed by atoms with Crippen molar-refractivity contribution in [2.45, 2.75) is 12.1 Å². The van der Waals surface area contributed by atoms with Gasteiger partial charge in [0.15, 0.2) is 0 Å². The van der Waals surface area contributed by atoms with E-state index in [-0.39, 0.29) is 0 Å². The molecule has 2 aromatic rings. The van der Waals surface area contributed by atoms with Gasteiger partial charge in [0.2, 0.25) is 0 Å². The molecular weight excluding hydrogens is 210 g/mol. The fourth-order valence-electron chi connectivity index (χ4n) is 2.52. The van der Waals surface area contributed by atoms with Crippen LogP contribution in [0.1, 0.15) is 16.7 Å². The maximum absolute atomic E-state index is 10.9. The van der Waals surface area contributed by atoms with Crippen LogP contribution in [0.15, 0.2) is 54.6 Å². The molecule has 0 radical (unpaired) electrons. The number of hydrogen-bond acceptors (Lipinski definition) is 2. The molecule has 3 rings (SSSR count). The summed E-state index contributed by atoms with van der Waals surface area (Å²) in [5.41, 5.74) is 2.23. The van der Waals surface area contributed by atoms with Gasteiger partial charge in [-0.1, -0.05) is 54.6 Å². The van der Waals surface area contributed by atoms with E-state index in [1.807, 2.05) is 48.5 Å². The van der Waals surface area contributed by atoms with E-state index in [9.17, 15) is 5.11 Å². The minimum absolute atomic E-state index is 0.564. The molecule has 1 heterocycles. The van der Waals surface area contributed by atoms with Crippen LogP contribution in [0.3, 0.4) is 0 Å². The molecule has 2 heteroatoms. The zero-order valence-electron chi connectivity index (χ0n) is 9.56. The highest BCUT2D eigenvalue weighted by Gasteiger charge is 2.35. The maximum atomic E-state index is 10.9. The first-order valence-corrected chi connectivity index (χ1v) is 5.88. The number of aliphatic hydroxyl groups is 1. The third-order valence-electron chi connectivity index (χ3n) is 3.41. The van der Waals surface area contributed by atoms with E-state index in [0.29, 0.717) is 6.54 Å². The van der Waals surface area contributed by atoms with Crippen LogP contribution in [0.25, 0.3) is 0 Å². The van der Waals surface area contributed by atoms with Crippen LogP contribution in [0.2, 0.25) is 0 Å². The fraction of sp³-hybridized carbons (Fsp3) is 0.200. The van der Waals surface area contributed by atoms with Gasteiger partial charge in [-0.25, -0.2) is 0 Å². The highest BCUT2D eigenvalue weighted by Crippen LogP contribution is 2.33. The van der Waals surface area contributed by atoms with Gasteiger partial charge in [-0.3, -0.25) is 0 Å². The lowest BCUT2D eigenvalue weighted by Crippen LogP contribution is -2.43. The predicted molar refractivity (Wildman–Crippen MR) is 67.6 cm³/mol. The molecule has 86 valence electrons. The molecule has 0 amide bonds. The van der Waals surface area contributed by atoms with Crippen molar-refractivity contribution in [3.05, 3.63) is 71.3 Å². The molecule has 2 N–H and O–H groups in total. The normalized spacial score (nSPS) is 23.1. The SMILES string of the molecule is O[C@]1(c2ccccc2)CNCc2ccccc21. The van der Waals surface area contributed by atoms with Crippen molar-refractivity contribution in [3.8, 4) is 0 Å². The molecule has 2 aromatic carbocycles. The van der Waals surface area contributed by atoms with Gasteiger partial charge in [0.1, 0.15) is 5.60 Å². The Bertz CT molecular complexity index is 523. The monoisotopic (exact) mass is 225 g/mol. The Kier molecular flexibility index (Phi) is 2.46. The van der Waals surface area contributed by atoms with Gasteiger partial charge >= 0.3 is 0 Å². The zero-order chi connectivity index (χ0) is 11.7. The largest absolute Gasteiger partial charge is 0.379 e. The average Bonchev–Trinajstić information content (AvgIpc) is 2.40. The first-order chi connectivity index (χ1) is 8.31. The quantitative estimate of drug-likeness (QED) is 0.778. The number of nitrogens with one attached hydrogen (secondary N) is 1. The van der Waals surface area contributed by atoms with Gasteiger partial charge < -0.3 is 10.4 Å². The first kappa shape index (κ1) is 10.5. The van der Waals surface area contributed by atoms with E-state index >= 15 is 0 Å². The van der Waals surface area contributed by atoms with Crippen LogP contribution in [0, 0.1) is 0 Å². The van der Waals surface area contributed by atoms with Crippen molar-refractivity contribution in [1.82, 2.24) is 5.32 Å². The van der Waals surface area contributed by atoms with Crippen LogP contribution in [0.4, 0.5) is 0 Å². The molecule has 1 aliphatic rings. The molecule has 1 aliphatic heterocycles. The number of fused-ring (bicyclic) bond motifs is 1. The molecular formula is C15H15NO. The molecule has 0 unspecified atom stereocenters. The summed E-state index contributed by atoms with van der Waals surface area (Å²) in [7, 11) is 0. The summed E-state index contributed by atoms with van der Waals surface area (Å²) in [6.07, 6.45) is 0. The minimum atomic E-state index is -0.907. The smallest absolute Gasteiger partial charge is 0.127 e. The lowest BCUT2D eigenvalue weighted by atomic mass is 9.81. The molecule has 0 saturated carbocycles. The van der Waals surface area contributed by atoms with Gasteiger partial charge in [0, 0.05) is 13.1 Å². The summed E-state index contributed by atoms with van der Waals surface area (Å²) in [5, 5.41) is 14.2. The molecule has 0 spiro atoms. The lowest BCUT2D eigenvalue weighted by molar-refractivity contribution is 0.0715. The topological polar surface area (TPSA) is 32.3 Å². The van der Waals surface area contributed by atoms with Crippen molar-refractivity contribution in [3.63, 3.8) is 0 Å². The standard InChI is InChI=1S/C15H15NO/c17-15(13-7-2-1-3-8-13)11-16-10-12-6-4-5-9-14(12)15/h1-9,16-17H,10-11H2/t15-/m0/s1. The first-order valence-electron chi connectivity index (χ1n) is 5.88. The second-order valence-electron chi connectivity index (χ2n) is 4.49. The van der Waals surface area contributed by atoms with Gasteiger partial charge in [0.25, 0.3) is 0 Å². The molecule has 0 bridgehead atoms. The van der Waals surface area contributed by atoms with Crippen LogP contribution < -0.4 is 5.32 Å². The van der Waals surface area contributed by atoms with Crippen LogP contribution in [0.5, 0.6) is 0 Å². The third-order valence-corrected chi connectivity index (χ3v) is 3.41. The van der Waals surface area contributed by atoms with Gasteiger partial charge in [0.05, 0.1) is 0 Å². The highest BCUT2D eigenvalue weighted by atomic mass is 16.3. The summed E-state index contributed by atoms with van der Waals surface area (Å²) >= 11 is 0. The molecule has 2 nitrogen and oxygen atoms in total. The Morgan fingerprint density at radius 3 is 2.47 bits per heavy atom. The minimum Gasteiger partial charge on any atom is -0.379 e. The molecule has 0 aromatic heterocycles. The van der Waals surface area contributed by atoms with Gasteiger partial charge in [-0.15, -0.1) is 0 Å². The van der Waals surface area contributed by atoms with Crippen LogP contribution in [-0.2, 0) is 12.1 Å². The predicted octanol–water partition coefficient (Wildman–Crippen LogP) is 2.03. The fourth-order valence-corrected chi connectivity index (χ4v) is 2.52. The second-order valence-corrected chi connectivity index (χ2v) is 4.49. The molecule has 0 aliphatic carbocycles. The van der Waals surface area contributed by atoms with E-state index in [1.54, 1.807) is 0 Å². The molecule has 1 atom stereocenters. The zero-order valence-corrected chi connectivity index (χ0v) is 9.56. The van der Waals surface area contributed by atoms with E-state index in [4.69, 9.17) is 0 Å². The van der Waals surface area contributed by atoms with Crippen molar-refractivity contribution >= 4 is 0 Å². The summed E-state index contributed by atoms with van der Waals surface area (Å²) in [5.74, 6) is 0. The average molecular weight is 225 g/mol. The highest BCUT2D eigenvalue weighted by molar-refractivity contribution is 5.43. The summed E-state index contributed by atoms with van der Waals surface area (Å²) in [6.45, 7) is 1.39. The Labute approximate surface area is 101 Å². The summed E-state index contributed by atoms with van der Waals surface area (Å²) in [4.78, 5) is 0. The number of β-amino-alcohol motifs (C(OH)–C–C–N with tert-alkyl or cyclic N) is 1. The maximum Gasteiger partial charge on any atom is 0.127 e. The van der Waals surface area contributed by atoms with E-state index < -0.39 is 5.60 Å². The van der Waals surface area contributed by atoms with Gasteiger partial charge in [-0.05, 0) is 16.7 Å². The Morgan fingerprint density at radius 2 is 1.65 bits per heavy atom. The van der Waals surface area contributed by atoms with Crippen molar-refractivity contribution < 1.29 is 5.11 Å². The third kappa shape index (κ3) is 1.66. The van der Waals surface area contributed by atoms with Crippen molar-refractivity contribution in [1.29, 1.82) is 0 Å². The van der Waals surface area contributed by atoms with Crippen LogP contribution in [-0.4, -0.2) is 11.7 Å². The Balaban J connectivity index is 2.16. The van der Waals surface area contributed by atoms with Crippen LogP contribution >= 0.6 is 0 Å². The molecule has 17 heavy (non-hydrogen) atoms. The summed E-state index contributed by atoms with van der Waals surface area (Å²) < 4.78 is 0. The number of benzene rings is 2. The Morgan fingerprint density at radius 1 is 0.941 bits per heavy atom. The van der Waals surface area contributed by atoms with Crippen molar-refractivity contribution in [2.75, 3.05) is 6.54 Å². The van der Waals surface area contributed by atoms with Gasteiger partial charge in [-0.2, -0.15) is 0 Å².